The van der Waals surface area contributed by atoms with Gasteiger partial charge in [-0.3, -0.25) is 0 Å². The van der Waals surface area contributed by atoms with Crippen molar-refractivity contribution in [1.29, 1.82) is 0 Å². The molecular formula is C14H23N3O2S. The molecule has 1 saturated heterocycles. The molecule has 0 bridgehead atoms. The molecule has 0 aromatic carbocycles. The molecule has 1 atom stereocenters. The van der Waals surface area contributed by atoms with Gasteiger partial charge in [0.1, 0.15) is 21.5 Å². The SMILES string of the molecule is Cc1nc(C)c(C)c(N2CCCC(CS(C)(=O)=O)C2)n1. The van der Waals surface area contributed by atoms with E-state index in [2.05, 4.69) is 14.9 Å². The fraction of sp³-hybridized carbons (Fsp3) is 0.714. The summed E-state index contributed by atoms with van der Waals surface area (Å²) in [6.45, 7) is 7.63. The number of sulfone groups is 1. The van der Waals surface area contributed by atoms with Crippen molar-refractivity contribution < 1.29 is 8.42 Å². The lowest BCUT2D eigenvalue weighted by atomic mass is 9.99. The lowest BCUT2D eigenvalue weighted by molar-refractivity contribution is 0.441. The Morgan fingerprint density at radius 1 is 1.25 bits per heavy atom. The first-order chi connectivity index (χ1) is 9.26. The van der Waals surface area contributed by atoms with Gasteiger partial charge in [0.2, 0.25) is 0 Å². The van der Waals surface area contributed by atoms with Gasteiger partial charge in [0.05, 0.1) is 5.75 Å². The molecule has 1 aromatic rings. The van der Waals surface area contributed by atoms with Crippen molar-refractivity contribution in [2.24, 2.45) is 5.92 Å². The monoisotopic (exact) mass is 297 g/mol. The van der Waals surface area contributed by atoms with Crippen LogP contribution in [0.5, 0.6) is 0 Å². The summed E-state index contributed by atoms with van der Waals surface area (Å²) < 4.78 is 22.9. The quantitative estimate of drug-likeness (QED) is 0.849. The number of hydrogen-bond donors (Lipinski definition) is 0. The normalized spacial score (nSPS) is 20.2. The average Bonchev–Trinajstić information content (AvgIpc) is 2.32. The van der Waals surface area contributed by atoms with E-state index >= 15 is 0 Å². The minimum atomic E-state index is -2.92. The number of aromatic nitrogens is 2. The zero-order valence-electron chi connectivity index (χ0n) is 12.7. The van der Waals surface area contributed by atoms with Crippen molar-refractivity contribution in [2.75, 3.05) is 30.0 Å². The van der Waals surface area contributed by atoms with Crippen LogP contribution in [0.2, 0.25) is 0 Å². The Morgan fingerprint density at radius 2 is 1.95 bits per heavy atom. The van der Waals surface area contributed by atoms with Crippen LogP contribution in [0.25, 0.3) is 0 Å². The third kappa shape index (κ3) is 3.69. The molecular weight excluding hydrogens is 274 g/mol. The maximum atomic E-state index is 11.5. The molecule has 0 radical (unpaired) electrons. The molecule has 5 nitrogen and oxygen atoms in total. The largest absolute Gasteiger partial charge is 0.356 e. The first-order valence-electron chi connectivity index (χ1n) is 7.01. The van der Waals surface area contributed by atoms with Crippen molar-refractivity contribution in [3.8, 4) is 0 Å². The molecule has 0 saturated carbocycles. The first-order valence-corrected chi connectivity index (χ1v) is 9.07. The second kappa shape index (κ2) is 5.68. The molecule has 2 heterocycles. The van der Waals surface area contributed by atoms with Gasteiger partial charge in [-0.15, -0.1) is 0 Å². The van der Waals surface area contributed by atoms with Gasteiger partial charge in [0.25, 0.3) is 0 Å². The Kier molecular flexibility index (Phi) is 4.32. The summed E-state index contributed by atoms with van der Waals surface area (Å²) >= 11 is 0. The highest BCUT2D eigenvalue weighted by atomic mass is 32.2. The molecule has 0 N–H and O–H groups in total. The molecule has 20 heavy (non-hydrogen) atoms. The van der Waals surface area contributed by atoms with Gasteiger partial charge < -0.3 is 4.90 Å². The molecule has 0 aliphatic carbocycles. The summed E-state index contributed by atoms with van der Waals surface area (Å²) in [6, 6.07) is 0. The summed E-state index contributed by atoms with van der Waals surface area (Å²) in [5, 5.41) is 0. The summed E-state index contributed by atoms with van der Waals surface area (Å²) in [4.78, 5) is 11.1. The molecule has 6 heteroatoms. The van der Waals surface area contributed by atoms with Gasteiger partial charge >= 0.3 is 0 Å². The van der Waals surface area contributed by atoms with Gasteiger partial charge in [-0.2, -0.15) is 0 Å². The summed E-state index contributed by atoms with van der Waals surface area (Å²) in [5.41, 5.74) is 2.09. The van der Waals surface area contributed by atoms with Crippen molar-refractivity contribution in [2.45, 2.75) is 33.6 Å². The van der Waals surface area contributed by atoms with Crippen molar-refractivity contribution >= 4 is 15.7 Å². The third-order valence-corrected chi connectivity index (χ3v) is 4.91. The van der Waals surface area contributed by atoms with Gasteiger partial charge in [-0.05, 0) is 39.5 Å². The van der Waals surface area contributed by atoms with Crippen LogP contribution in [0.15, 0.2) is 0 Å². The number of hydrogen-bond acceptors (Lipinski definition) is 5. The number of aryl methyl sites for hydroxylation is 2. The molecule has 0 amide bonds. The van der Waals surface area contributed by atoms with Crippen LogP contribution >= 0.6 is 0 Å². The molecule has 0 spiro atoms. The third-order valence-electron chi connectivity index (χ3n) is 3.83. The van der Waals surface area contributed by atoms with Gasteiger partial charge in [0.15, 0.2) is 0 Å². The zero-order chi connectivity index (χ0) is 14.9. The van der Waals surface area contributed by atoms with E-state index in [-0.39, 0.29) is 11.7 Å². The van der Waals surface area contributed by atoms with Crippen LogP contribution in [0.3, 0.4) is 0 Å². The van der Waals surface area contributed by atoms with Gasteiger partial charge in [-0.1, -0.05) is 0 Å². The summed E-state index contributed by atoms with van der Waals surface area (Å²) in [5.74, 6) is 2.21. The predicted octanol–water partition coefficient (Wildman–Crippen LogP) is 1.66. The zero-order valence-corrected chi connectivity index (χ0v) is 13.5. The van der Waals surface area contributed by atoms with Gasteiger partial charge in [0, 0.05) is 30.6 Å². The van der Waals surface area contributed by atoms with E-state index in [1.807, 2.05) is 20.8 Å². The van der Waals surface area contributed by atoms with E-state index in [0.717, 1.165) is 48.8 Å². The van der Waals surface area contributed by atoms with Crippen molar-refractivity contribution in [1.82, 2.24) is 9.97 Å². The van der Waals surface area contributed by atoms with Crippen molar-refractivity contribution in [3.05, 3.63) is 17.1 Å². The molecule has 2 rings (SSSR count). The van der Waals surface area contributed by atoms with E-state index in [0.29, 0.717) is 0 Å². The maximum absolute atomic E-state index is 11.5. The van der Waals surface area contributed by atoms with Crippen LogP contribution in [-0.4, -0.2) is 43.5 Å². The van der Waals surface area contributed by atoms with E-state index in [1.54, 1.807) is 0 Å². The molecule has 112 valence electrons. The average molecular weight is 297 g/mol. The number of piperidine rings is 1. The maximum Gasteiger partial charge on any atom is 0.147 e. The second-order valence-corrected chi connectivity index (χ2v) is 8.04. The van der Waals surface area contributed by atoms with Crippen LogP contribution in [-0.2, 0) is 9.84 Å². The topological polar surface area (TPSA) is 63.2 Å². The minimum Gasteiger partial charge on any atom is -0.356 e. The first kappa shape index (κ1) is 15.2. The molecule has 1 aliphatic rings. The number of rotatable bonds is 3. The van der Waals surface area contributed by atoms with Crippen molar-refractivity contribution in [3.63, 3.8) is 0 Å². The Hall–Kier alpha value is -1.17. The number of nitrogens with zero attached hydrogens (tertiary/aromatic N) is 3. The molecule has 1 aliphatic heterocycles. The molecule has 1 aromatic heterocycles. The molecule has 1 unspecified atom stereocenters. The lowest BCUT2D eigenvalue weighted by Crippen LogP contribution is -2.39. The highest BCUT2D eigenvalue weighted by Crippen LogP contribution is 2.26. The van der Waals surface area contributed by atoms with Crippen LogP contribution in [0, 0.1) is 26.7 Å². The Bertz CT molecular complexity index is 599. The highest BCUT2D eigenvalue weighted by Gasteiger charge is 2.25. The highest BCUT2D eigenvalue weighted by molar-refractivity contribution is 7.90. The minimum absolute atomic E-state index is 0.203. The fourth-order valence-electron chi connectivity index (χ4n) is 2.88. The van der Waals surface area contributed by atoms with E-state index in [1.165, 1.54) is 6.26 Å². The smallest absolute Gasteiger partial charge is 0.147 e. The van der Waals surface area contributed by atoms with Crippen LogP contribution in [0.4, 0.5) is 5.82 Å². The predicted molar refractivity (Wildman–Crippen MR) is 80.9 cm³/mol. The van der Waals surface area contributed by atoms with E-state index in [4.69, 9.17) is 0 Å². The molecule has 1 fully saturated rings. The van der Waals surface area contributed by atoms with E-state index < -0.39 is 9.84 Å². The van der Waals surface area contributed by atoms with E-state index in [9.17, 15) is 8.42 Å². The van der Waals surface area contributed by atoms with Gasteiger partial charge in [-0.25, -0.2) is 18.4 Å². The number of anilines is 1. The lowest BCUT2D eigenvalue weighted by Gasteiger charge is -2.34. The summed E-state index contributed by atoms with van der Waals surface area (Å²) in [6.07, 6.45) is 3.31. The Morgan fingerprint density at radius 3 is 2.60 bits per heavy atom. The second-order valence-electron chi connectivity index (χ2n) is 5.85. The van der Waals surface area contributed by atoms with Crippen LogP contribution in [0.1, 0.15) is 29.9 Å². The Labute approximate surface area is 121 Å². The Balaban J connectivity index is 2.21. The fourth-order valence-corrected chi connectivity index (χ4v) is 4.01. The summed E-state index contributed by atoms with van der Waals surface area (Å²) in [7, 11) is -2.92. The standard InChI is InChI=1S/C14H23N3O2S/c1-10-11(2)15-12(3)16-14(10)17-7-5-6-13(8-17)9-20(4,18)19/h13H,5-9H2,1-4H3. The van der Waals surface area contributed by atoms with Crippen LogP contribution < -0.4 is 4.90 Å².